The SMILES string of the molecule is CCNC(c1cscn1)c1ccc(Cl)s1. The Morgan fingerprint density at radius 2 is 2.40 bits per heavy atom. The summed E-state index contributed by atoms with van der Waals surface area (Å²) in [6, 6.07) is 4.16. The molecule has 1 N–H and O–H groups in total. The maximum absolute atomic E-state index is 5.94. The molecule has 1 atom stereocenters. The van der Waals surface area contributed by atoms with Crippen molar-refractivity contribution in [2.75, 3.05) is 6.54 Å². The first-order valence-electron chi connectivity index (χ1n) is 4.68. The molecule has 0 bridgehead atoms. The average Bonchev–Trinajstić information content (AvgIpc) is 2.85. The van der Waals surface area contributed by atoms with E-state index in [1.165, 1.54) is 4.88 Å². The average molecular weight is 259 g/mol. The lowest BCUT2D eigenvalue weighted by Crippen LogP contribution is -2.21. The first kappa shape index (κ1) is 11.1. The second-order valence-electron chi connectivity index (χ2n) is 3.05. The number of nitrogens with zero attached hydrogens (tertiary/aromatic N) is 1. The van der Waals surface area contributed by atoms with Crippen LogP contribution in [0.2, 0.25) is 4.34 Å². The van der Waals surface area contributed by atoms with Crippen LogP contribution < -0.4 is 5.32 Å². The van der Waals surface area contributed by atoms with Gasteiger partial charge in [0, 0.05) is 10.3 Å². The third-order valence-electron chi connectivity index (χ3n) is 2.03. The van der Waals surface area contributed by atoms with Crippen molar-refractivity contribution >= 4 is 34.3 Å². The summed E-state index contributed by atoms with van der Waals surface area (Å²) in [5.41, 5.74) is 2.93. The molecule has 15 heavy (non-hydrogen) atoms. The predicted octanol–water partition coefficient (Wildman–Crippen LogP) is 3.56. The zero-order valence-electron chi connectivity index (χ0n) is 8.24. The molecule has 2 heterocycles. The van der Waals surface area contributed by atoms with Crippen LogP contribution in [0.25, 0.3) is 0 Å². The van der Waals surface area contributed by atoms with Crippen LogP contribution in [-0.2, 0) is 0 Å². The Morgan fingerprint density at radius 3 is 2.93 bits per heavy atom. The maximum Gasteiger partial charge on any atom is 0.0931 e. The van der Waals surface area contributed by atoms with Gasteiger partial charge in [0.2, 0.25) is 0 Å². The lowest BCUT2D eigenvalue weighted by molar-refractivity contribution is 0.627. The zero-order valence-corrected chi connectivity index (χ0v) is 10.6. The summed E-state index contributed by atoms with van der Waals surface area (Å²) in [5.74, 6) is 0. The minimum atomic E-state index is 0.179. The van der Waals surface area contributed by atoms with Gasteiger partial charge in [0.05, 0.1) is 21.6 Å². The van der Waals surface area contributed by atoms with Gasteiger partial charge in [0.15, 0.2) is 0 Å². The van der Waals surface area contributed by atoms with Gasteiger partial charge >= 0.3 is 0 Å². The van der Waals surface area contributed by atoms with E-state index in [9.17, 15) is 0 Å². The molecule has 0 amide bonds. The minimum absolute atomic E-state index is 0.179. The Bertz CT molecular complexity index is 411. The van der Waals surface area contributed by atoms with Crippen molar-refractivity contribution in [1.29, 1.82) is 0 Å². The quantitative estimate of drug-likeness (QED) is 0.907. The van der Waals surface area contributed by atoms with Crippen LogP contribution in [0.15, 0.2) is 23.0 Å². The molecule has 0 spiro atoms. The second-order valence-corrected chi connectivity index (χ2v) is 5.51. The van der Waals surface area contributed by atoms with Crippen molar-refractivity contribution in [3.63, 3.8) is 0 Å². The van der Waals surface area contributed by atoms with Crippen molar-refractivity contribution in [2.24, 2.45) is 0 Å². The molecular weight excluding hydrogens is 248 g/mol. The number of hydrogen-bond acceptors (Lipinski definition) is 4. The molecule has 2 nitrogen and oxygen atoms in total. The summed E-state index contributed by atoms with van der Waals surface area (Å²) < 4.78 is 0.822. The van der Waals surface area contributed by atoms with Crippen LogP contribution in [0.1, 0.15) is 23.5 Å². The molecule has 0 aliphatic heterocycles. The van der Waals surface area contributed by atoms with E-state index in [2.05, 4.69) is 28.7 Å². The molecular formula is C10H11ClN2S2. The number of thiazole rings is 1. The van der Waals surface area contributed by atoms with Gasteiger partial charge in [-0.3, -0.25) is 0 Å². The third-order valence-corrected chi connectivity index (χ3v) is 3.93. The molecule has 2 aromatic rings. The molecule has 80 valence electrons. The van der Waals surface area contributed by atoms with E-state index in [0.717, 1.165) is 16.6 Å². The fraction of sp³-hybridized carbons (Fsp3) is 0.300. The Hall–Kier alpha value is -0.420. The van der Waals surface area contributed by atoms with Crippen LogP contribution in [0.5, 0.6) is 0 Å². The molecule has 1 unspecified atom stereocenters. The van der Waals surface area contributed by atoms with Gasteiger partial charge in [0.1, 0.15) is 0 Å². The normalized spacial score (nSPS) is 12.9. The van der Waals surface area contributed by atoms with Crippen LogP contribution in [-0.4, -0.2) is 11.5 Å². The fourth-order valence-corrected chi connectivity index (χ4v) is 3.13. The van der Waals surface area contributed by atoms with E-state index in [1.807, 2.05) is 11.6 Å². The first-order chi connectivity index (χ1) is 7.31. The van der Waals surface area contributed by atoms with Crippen LogP contribution in [0.3, 0.4) is 0 Å². The van der Waals surface area contributed by atoms with Gasteiger partial charge in [0.25, 0.3) is 0 Å². The third kappa shape index (κ3) is 2.58. The lowest BCUT2D eigenvalue weighted by Gasteiger charge is -2.13. The molecule has 0 saturated carbocycles. The van der Waals surface area contributed by atoms with Crippen LogP contribution in [0.4, 0.5) is 0 Å². The summed E-state index contributed by atoms with van der Waals surface area (Å²) in [7, 11) is 0. The summed E-state index contributed by atoms with van der Waals surface area (Å²) >= 11 is 9.16. The molecule has 2 rings (SSSR count). The lowest BCUT2D eigenvalue weighted by atomic mass is 10.2. The van der Waals surface area contributed by atoms with Gasteiger partial charge in [-0.05, 0) is 18.7 Å². The number of aromatic nitrogens is 1. The Balaban J connectivity index is 2.27. The highest BCUT2D eigenvalue weighted by molar-refractivity contribution is 7.16. The maximum atomic E-state index is 5.94. The van der Waals surface area contributed by atoms with E-state index < -0.39 is 0 Å². The van der Waals surface area contributed by atoms with E-state index in [1.54, 1.807) is 22.7 Å². The van der Waals surface area contributed by atoms with Gasteiger partial charge in [-0.1, -0.05) is 18.5 Å². The van der Waals surface area contributed by atoms with Crippen molar-refractivity contribution in [1.82, 2.24) is 10.3 Å². The zero-order chi connectivity index (χ0) is 10.7. The topological polar surface area (TPSA) is 24.9 Å². The van der Waals surface area contributed by atoms with E-state index >= 15 is 0 Å². The highest BCUT2D eigenvalue weighted by atomic mass is 35.5. The molecule has 0 fully saturated rings. The van der Waals surface area contributed by atoms with Gasteiger partial charge in [-0.25, -0.2) is 4.98 Å². The Morgan fingerprint density at radius 1 is 1.53 bits per heavy atom. The predicted molar refractivity (Wildman–Crippen MR) is 67.0 cm³/mol. The number of halogens is 1. The summed E-state index contributed by atoms with van der Waals surface area (Å²) in [5, 5.41) is 5.48. The van der Waals surface area contributed by atoms with Crippen molar-refractivity contribution in [3.8, 4) is 0 Å². The van der Waals surface area contributed by atoms with Crippen molar-refractivity contribution in [2.45, 2.75) is 13.0 Å². The first-order valence-corrected chi connectivity index (χ1v) is 6.81. The van der Waals surface area contributed by atoms with E-state index in [0.29, 0.717) is 0 Å². The van der Waals surface area contributed by atoms with Gasteiger partial charge in [-0.15, -0.1) is 22.7 Å². The van der Waals surface area contributed by atoms with Gasteiger partial charge in [-0.2, -0.15) is 0 Å². The van der Waals surface area contributed by atoms with Crippen LogP contribution >= 0.6 is 34.3 Å². The molecule has 0 saturated heterocycles. The largest absolute Gasteiger partial charge is 0.305 e. The fourth-order valence-electron chi connectivity index (χ4n) is 1.40. The molecule has 5 heteroatoms. The Labute approximate surface area is 102 Å². The highest BCUT2D eigenvalue weighted by Gasteiger charge is 2.16. The number of thiophene rings is 1. The van der Waals surface area contributed by atoms with Crippen molar-refractivity contribution < 1.29 is 0 Å². The molecule has 2 aromatic heterocycles. The molecule has 0 aliphatic carbocycles. The van der Waals surface area contributed by atoms with E-state index in [4.69, 9.17) is 11.6 Å². The smallest absolute Gasteiger partial charge is 0.0931 e. The molecule has 0 radical (unpaired) electrons. The Kier molecular flexibility index (Phi) is 3.75. The van der Waals surface area contributed by atoms with Crippen molar-refractivity contribution in [3.05, 3.63) is 37.9 Å². The van der Waals surface area contributed by atoms with E-state index in [-0.39, 0.29) is 6.04 Å². The van der Waals surface area contributed by atoms with Gasteiger partial charge < -0.3 is 5.32 Å². The molecule has 0 aliphatic rings. The number of rotatable bonds is 4. The summed E-state index contributed by atoms with van der Waals surface area (Å²) in [4.78, 5) is 5.56. The van der Waals surface area contributed by atoms with Crippen LogP contribution in [0, 0.1) is 0 Å². The highest BCUT2D eigenvalue weighted by Crippen LogP contribution is 2.30. The summed E-state index contributed by atoms with van der Waals surface area (Å²) in [6.07, 6.45) is 0. The second kappa shape index (κ2) is 5.07. The monoisotopic (exact) mass is 258 g/mol. The standard InChI is InChI=1S/C10H11ClN2S2/c1-2-12-10(7-5-14-6-13-7)8-3-4-9(11)15-8/h3-6,10,12H,2H2,1H3. The minimum Gasteiger partial charge on any atom is -0.305 e. The summed E-state index contributed by atoms with van der Waals surface area (Å²) in [6.45, 7) is 3.01. The molecule has 0 aromatic carbocycles. The number of nitrogens with one attached hydrogen (secondary N) is 1. The number of hydrogen-bond donors (Lipinski definition) is 1.